The summed E-state index contributed by atoms with van der Waals surface area (Å²) >= 11 is 5.88. The normalized spacial score (nSPS) is 20.3. The van der Waals surface area contributed by atoms with Crippen molar-refractivity contribution in [1.82, 2.24) is 16.4 Å². The lowest BCUT2D eigenvalue weighted by Gasteiger charge is -2.20. The molecule has 3 rings (SSSR count). The molecule has 7 heteroatoms. The van der Waals surface area contributed by atoms with Crippen LogP contribution in [-0.4, -0.2) is 18.1 Å². The van der Waals surface area contributed by atoms with Crippen LogP contribution in [-0.2, 0) is 4.79 Å². The molecule has 1 aliphatic rings. The van der Waals surface area contributed by atoms with E-state index in [0.29, 0.717) is 5.02 Å². The molecule has 2 aromatic rings. The molecule has 6 nitrogen and oxygen atoms in total. The summed E-state index contributed by atoms with van der Waals surface area (Å²) in [5.41, 5.74) is 11.4. The first-order valence-electron chi connectivity index (χ1n) is 7.27. The molecule has 5 N–H and O–H groups in total. The summed E-state index contributed by atoms with van der Waals surface area (Å²) in [6.07, 6.45) is -0.304. The highest BCUT2D eigenvalue weighted by Crippen LogP contribution is 2.16. The van der Waals surface area contributed by atoms with Gasteiger partial charge in [0.1, 0.15) is 12.2 Å². The van der Waals surface area contributed by atoms with Crippen LogP contribution < -0.4 is 27.0 Å². The second-order valence-electron chi connectivity index (χ2n) is 5.38. The topological polar surface area (TPSA) is 77.2 Å². The molecule has 2 atom stereocenters. The fourth-order valence-electron chi connectivity index (χ4n) is 2.28. The summed E-state index contributed by atoms with van der Waals surface area (Å²) in [5, 5.41) is 6.80. The average molecular weight is 332 g/mol. The van der Waals surface area contributed by atoms with Crippen molar-refractivity contribution in [2.75, 3.05) is 10.6 Å². The van der Waals surface area contributed by atoms with Crippen molar-refractivity contribution in [3.8, 4) is 0 Å². The first-order valence-corrected chi connectivity index (χ1v) is 7.65. The Morgan fingerprint density at radius 3 is 2.35 bits per heavy atom. The van der Waals surface area contributed by atoms with Gasteiger partial charge in [0.25, 0.3) is 0 Å². The highest BCUT2D eigenvalue weighted by molar-refractivity contribution is 6.30. The van der Waals surface area contributed by atoms with E-state index in [2.05, 4.69) is 27.0 Å². The zero-order valence-electron chi connectivity index (χ0n) is 12.6. The Hall–Kier alpha value is -2.12. The van der Waals surface area contributed by atoms with Gasteiger partial charge < -0.3 is 10.6 Å². The van der Waals surface area contributed by atoms with Crippen LogP contribution in [0.4, 0.5) is 11.4 Å². The number of carbonyl (C=O) groups excluding carboxylic acids is 1. The fourth-order valence-corrected chi connectivity index (χ4v) is 2.41. The number of benzene rings is 2. The highest BCUT2D eigenvalue weighted by atomic mass is 35.5. The second kappa shape index (κ2) is 6.97. The largest absolute Gasteiger partial charge is 0.367 e. The van der Waals surface area contributed by atoms with Crippen molar-refractivity contribution < 1.29 is 4.79 Å². The van der Waals surface area contributed by atoms with E-state index in [4.69, 9.17) is 11.6 Å². The molecule has 2 unspecified atom stereocenters. The molecule has 1 amide bonds. The third-order valence-corrected chi connectivity index (χ3v) is 3.81. The number of amides is 1. The van der Waals surface area contributed by atoms with Gasteiger partial charge in [0.05, 0.1) is 0 Å². The molecule has 0 aromatic heterocycles. The Labute approximate surface area is 139 Å². The van der Waals surface area contributed by atoms with Crippen molar-refractivity contribution in [1.29, 1.82) is 0 Å². The van der Waals surface area contributed by atoms with Gasteiger partial charge in [-0.15, -0.1) is 0 Å². The van der Waals surface area contributed by atoms with Crippen LogP contribution in [0.5, 0.6) is 0 Å². The maximum atomic E-state index is 12.4. The first-order chi connectivity index (χ1) is 11.1. The number of rotatable bonds is 4. The monoisotopic (exact) mass is 331 g/mol. The van der Waals surface area contributed by atoms with E-state index in [1.54, 1.807) is 12.1 Å². The third-order valence-electron chi connectivity index (χ3n) is 3.56. The van der Waals surface area contributed by atoms with E-state index in [1.807, 2.05) is 43.3 Å². The van der Waals surface area contributed by atoms with Crippen molar-refractivity contribution in [3.05, 3.63) is 59.1 Å². The van der Waals surface area contributed by atoms with Crippen molar-refractivity contribution in [2.45, 2.75) is 19.1 Å². The SMILES string of the molecule is Cc1ccc(NC(=O)C2NNNC2Nc2ccc(Cl)cc2)cc1. The van der Waals surface area contributed by atoms with Gasteiger partial charge in [-0.1, -0.05) is 29.3 Å². The number of anilines is 2. The summed E-state index contributed by atoms with van der Waals surface area (Å²) in [5.74, 6) is -0.141. The Morgan fingerprint density at radius 2 is 1.65 bits per heavy atom. The van der Waals surface area contributed by atoms with Gasteiger partial charge in [0.15, 0.2) is 0 Å². The van der Waals surface area contributed by atoms with Crippen molar-refractivity contribution in [2.24, 2.45) is 0 Å². The third kappa shape index (κ3) is 4.00. The van der Waals surface area contributed by atoms with Gasteiger partial charge in [-0.25, -0.2) is 10.9 Å². The lowest BCUT2D eigenvalue weighted by atomic mass is 10.2. The summed E-state index contributed by atoms with van der Waals surface area (Å²) in [4.78, 5) is 12.4. The zero-order chi connectivity index (χ0) is 16.2. The van der Waals surface area contributed by atoms with E-state index in [0.717, 1.165) is 16.9 Å². The van der Waals surface area contributed by atoms with Gasteiger partial charge in [-0.05, 0) is 43.3 Å². The lowest BCUT2D eigenvalue weighted by molar-refractivity contribution is -0.118. The molecule has 0 aliphatic carbocycles. The predicted molar refractivity (Wildman–Crippen MR) is 91.9 cm³/mol. The molecule has 23 heavy (non-hydrogen) atoms. The minimum absolute atomic E-state index is 0.141. The number of hydrogen-bond acceptors (Lipinski definition) is 5. The fraction of sp³-hybridized carbons (Fsp3) is 0.188. The molecule has 120 valence electrons. The number of nitrogens with one attached hydrogen (secondary N) is 5. The smallest absolute Gasteiger partial charge is 0.246 e. The quantitative estimate of drug-likeness (QED) is 0.592. The van der Waals surface area contributed by atoms with E-state index < -0.39 is 6.04 Å². The zero-order valence-corrected chi connectivity index (χ0v) is 13.3. The minimum atomic E-state index is -0.480. The maximum absolute atomic E-state index is 12.4. The molecule has 0 saturated carbocycles. The predicted octanol–water partition coefficient (Wildman–Crippen LogP) is 2.01. The molecule has 1 saturated heterocycles. The molecular formula is C16H18ClN5O. The molecule has 0 bridgehead atoms. The van der Waals surface area contributed by atoms with Gasteiger partial charge in [0, 0.05) is 16.4 Å². The molecule has 0 spiro atoms. The van der Waals surface area contributed by atoms with E-state index >= 15 is 0 Å². The van der Waals surface area contributed by atoms with Crippen LogP contribution in [0.2, 0.25) is 5.02 Å². The van der Waals surface area contributed by atoms with Crippen LogP contribution in [0.25, 0.3) is 0 Å². The van der Waals surface area contributed by atoms with Crippen LogP contribution in [0.3, 0.4) is 0 Å². The van der Waals surface area contributed by atoms with Gasteiger partial charge in [-0.2, -0.15) is 5.53 Å². The van der Waals surface area contributed by atoms with Gasteiger partial charge in [-0.3, -0.25) is 4.79 Å². The molecule has 2 aromatic carbocycles. The second-order valence-corrected chi connectivity index (χ2v) is 5.81. The highest BCUT2D eigenvalue weighted by Gasteiger charge is 2.32. The summed E-state index contributed by atoms with van der Waals surface area (Å²) in [6.45, 7) is 2.00. The molecule has 1 fully saturated rings. The number of aryl methyl sites for hydroxylation is 1. The lowest BCUT2D eigenvalue weighted by Crippen LogP contribution is -2.47. The summed E-state index contributed by atoms with van der Waals surface area (Å²) < 4.78 is 0. The number of carbonyl (C=O) groups is 1. The standard InChI is InChI=1S/C16H18ClN5O/c1-10-2-6-13(7-3-10)19-16(23)14-15(21-22-20-14)18-12-8-4-11(17)5-9-12/h2-9,14-15,18,20-22H,1H3,(H,19,23). The Morgan fingerprint density at radius 1 is 1.00 bits per heavy atom. The van der Waals surface area contributed by atoms with Crippen LogP contribution >= 0.6 is 11.6 Å². The van der Waals surface area contributed by atoms with Crippen molar-refractivity contribution in [3.63, 3.8) is 0 Å². The molecule has 1 aliphatic heterocycles. The van der Waals surface area contributed by atoms with Gasteiger partial charge >= 0.3 is 0 Å². The summed E-state index contributed by atoms with van der Waals surface area (Å²) in [7, 11) is 0. The number of hydrazine groups is 2. The molecule has 1 heterocycles. The van der Waals surface area contributed by atoms with Gasteiger partial charge in [0.2, 0.25) is 5.91 Å². The van der Waals surface area contributed by atoms with Crippen LogP contribution in [0, 0.1) is 6.92 Å². The first kappa shape index (κ1) is 15.8. The van der Waals surface area contributed by atoms with Crippen LogP contribution in [0.15, 0.2) is 48.5 Å². The number of halogens is 1. The number of hydrogen-bond donors (Lipinski definition) is 5. The van der Waals surface area contributed by atoms with E-state index in [1.165, 1.54) is 0 Å². The van der Waals surface area contributed by atoms with E-state index in [-0.39, 0.29) is 12.1 Å². The molecular weight excluding hydrogens is 314 g/mol. The maximum Gasteiger partial charge on any atom is 0.246 e. The summed E-state index contributed by atoms with van der Waals surface area (Å²) in [6, 6.07) is 14.5. The average Bonchev–Trinajstić information content (AvgIpc) is 3.00. The minimum Gasteiger partial charge on any atom is -0.367 e. The van der Waals surface area contributed by atoms with E-state index in [9.17, 15) is 4.79 Å². The Bertz CT molecular complexity index is 674. The van der Waals surface area contributed by atoms with Crippen LogP contribution in [0.1, 0.15) is 5.56 Å². The van der Waals surface area contributed by atoms with Crippen molar-refractivity contribution >= 4 is 28.9 Å². The molecule has 0 radical (unpaired) electrons. The Balaban J connectivity index is 1.64. The Kier molecular flexibility index (Phi) is 4.78.